The van der Waals surface area contributed by atoms with Gasteiger partial charge in [0.25, 0.3) is 0 Å². The molecule has 1 aromatic rings. The van der Waals surface area contributed by atoms with Crippen molar-refractivity contribution in [3.05, 3.63) is 41.3 Å². The lowest BCUT2D eigenvalue weighted by molar-refractivity contribution is -0.152. The van der Waals surface area contributed by atoms with Gasteiger partial charge >= 0.3 is 5.97 Å². The molecule has 8 heteroatoms. The third kappa shape index (κ3) is 2.83. The van der Waals surface area contributed by atoms with Crippen molar-refractivity contribution in [3.8, 4) is 5.75 Å². The van der Waals surface area contributed by atoms with Crippen LogP contribution >= 0.6 is 11.8 Å². The topological polar surface area (TPSA) is 91.1 Å². The fraction of sp³-hybridized carbons (Fsp3) is 0.375. The van der Waals surface area contributed by atoms with Crippen molar-refractivity contribution in [1.82, 2.24) is 4.90 Å². The van der Waals surface area contributed by atoms with Crippen LogP contribution in [0, 0.1) is 0 Å². The Hall–Kier alpha value is -2.19. The van der Waals surface area contributed by atoms with Crippen LogP contribution in [0.25, 0.3) is 0 Å². The van der Waals surface area contributed by atoms with Gasteiger partial charge in [-0.15, -0.1) is 11.8 Å². The maximum Gasteiger partial charge on any atom is 0.358 e. The maximum atomic E-state index is 12.5. The van der Waals surface area contributed by atoms with Crippen LogP contribution in [0.15, 0.2) is 35.7 Å². The molecule has 2 heterocycles. The van der Waals surface area contributed by atoms with E-state index in [9.17, 15) is 9.59 Å². The summed E-state index contributed by atoms with van der Waals surface area (Å²) in [4.78, 5) is 25.8. The van der Waals surface area contributed by atoms with Crippen LogP contribution in [0.3, 0.4) is 0 Å². The molecule has 7 nitrogen and oxygen atoms in total. The van der Waals surface area contributed by atoms with Gasteiger partial charge in [-0.05, 0) is 17.7 Å². The fourth-order valence-electron chi connectivity index (χ4n) is 2.57. The minimum Gasteiger partial charge on any atom is -0.498 e. The summed E-state index contributed by atoms with van der Waals surface area (Å²) in [5.41, 5.74) is 6.75. The molecule has 0 radical (unpaired) electrons. The molecule has 0 bridgehead atoms. The van der Waals surface area contributed by atoms with E-state index >= 15 is 0 Å². The summed E-state index contributed by atoms with van der Waals surface area (Å²) < 4.78 is 15.7. The summed E-state index contributed by atoms with van der Waals surface area (Å²) >= 11 is 1.47. The molecule has 0 saturated carbocycles. The molecule has 1 saturated heterocycles. The number of nitrogens with two attached hydrogens (primary N) is 1. The Morgan fingerprint density at radius 1 is 1.29 bits per heavy atom. The number of hydrogen-bond donors (Lipinski definition) is 1. The number of rotatable bonds is 5. The van der Waals surface area contributed by atoms with E-state index in [-0.39, 0.29) is 23.6 Å². The molecule has 2 aliphatic rings. The fourth-order valence-corrected chi connectivity index (χ4v) is 3.83. The number of carbonyl (C=O) groups excluding carboxylic acids is 2. The van der Waals surface area contributed by atoms with E-state index in [4.69, 9.17) is 19.9 Å². The maximum absolute atomic E-state index is 12.5. The Bertz CT molecular complexity index is 688. The minimum absolute atomic E-state index is 0.0925. The zero-order valence-electron chi connectivity index (χ0n) is 13.4. The number of benzene rings is 1. The van der Waals surface area contributed by atoms with E-state index in [2.05, 4.69) is 0 Å². The van der Waals surface area contributed by atoms with Gasteiger partial charge in [0.05, 0.1) is 20.0 Å². The van der Waals surface area contributed by atoms with Gasteiger partial charge < -0.3 is 19.9 Å². The molecule has 128 valence electrons. The van der Waals surface area contributed by atoms with Crippen molar-refractivity contribution in [2.45, 2.75) is 18.0 Å². The Morgan fingerprint density at radius 2 is 2.00 bits per heavy atom. The molecule has 0 aliphatic carbocycles. The number of nitrogens with zero attached hydrogens (tertiary/aromatic N) is 1. The molecule has 1 fully saturated rings. The highest BCUT2D eigenvalue weighted by atomic mass is 32.2. The van der Waals surface area contributed by atoms with E-state index in [0.717, 1.165) is 11.3 Å². The summed E-state index contributed by atoms with van der Waals surface area (Å²) in [5.74, 6) is 0.746. The second-order valence-corrected chi connectivity index (χ2v) is 6.44. The second kappa shape index (κ2) is 6.74. The Labute approximate surface area is 143 Å². The summed E-state index contributed by atoms with van der Waals surface area (Å²) in [7, 11) is 3.05. The zero-order chi connectivity index (χ0) is 17.3. The van der Waals surface area contributed by atoms with Crippen LogP contribution in [0.2, 0.25) is 0 Å². The van der Waals surface area contributed by atoms with E-state index < -0.39 is 12.0 Å². The lowest BCUT2D eigenvalue weighted by atomic mass is 10.1. The van der Waals surface area contributed by atoms with Crippen molar-refractivity contribution in [2.75, 3.05) is 20.0 Å². The quantitative estimate of drug-likeness (QED) is 0.621. The molecular weight excluding hydrogens is 332 g/mol. The van der Waals surface area contributed by atoms with Crippen LogP contribution in [0.4, 0.5) is 0 Å². The summed E-state index contributed by atoms with van der Waals surface area (Å²) in [5, 5.41) is -0.236. The molecule has 0 spiro atoms. The first-order valence-corrected chi connectivity index (χ1v) is 8.39. The van der Waals surface area contributed by atoms with Gasteiger partial charge in [0.15, 0.2) is 5.70 Å². The first-order chi connectivity index (χ1) is 11.6. The van der Waals surface area contributed by atoms with Crippen molar-refractivity contribution >= 4 is 23.6 Å². The number of β-lactam (4-membered cyclic amide) rings is 1. The molecule has 2 atom stereocenters. The molecule has 3 rings (SSSR count). The Balaban J connectivity index is 1.72. The zero-order valence-corrected chi connectivity index (χ0v) is 14.2. The summed E-state index contributed by atoms with van der Waals surface area (Å²) in [6.07, 6.45) is 0. The van der Waals surface area contributed by atoms with Gasteiger partial charge in [-0.2, -0.15) is 0 Å². The van der Waals surface area contributed by atoms with Gasteiger partial charge in [-0.1, -0.05) is 12.1 Å². The van der Waals surface area contributed by atoms with Crippen molar-refractivity contribution in [3.63, 3.8) is 0 Å². The Kier molecular flexibility index (Phi) is 4.68. The minimum atomic E-state index is -0.590. The summed E-state index contributed by atoms with van der Waals surface area (Å²) in [6.45, 7) is 0.0925. The number of methoxy groups -OCH3 is 2. The average molecular weight is 350 g/mol. The molecular formula is C16H18N2O5S. The highest BCUT2D eigenvalue weighted by Crippen LogP contribution is 2.39. The lowest BCUT2D eigenvalue weighted by Gasteiger charge is -2.47. The predicted molar refractivity (Wildman–Crippen MR) is 87.9 cm³/mol. The number of esters is 1. The van der Waals surface area contributed by atoms with Gasteiger partial charge in [0.1, 0.15) is 29.5 Å². The third-order valence-corrected chi connectivity index (χ3v) is 5.22. The molecule has 1 unspecified atom stereocenters. The molecule has 2 N–H and O–H groups in total. The predicted octanol–water partition coefficient (Wildman–Crippen LogP) is 0.839. The number of ether oxygens (including phenoxy) is 3. The highest BCUT2D eigenvalue weighted by Gasteiger charge is 2.52. The van der Waals surface area contributed by atoms with Crippen molar-refractivity contribution < 1.29 is 23.8 Å². The average Bonchev–Trinajstić information content (AvgIpc) is 2.64. The third-order valence-electron chi connectivity index (χ3n) is 3.94. The van der Waals surface area contributed by atoms with E-state index in [1.807, 2.05) is 12.1 Å². The number of hydrogen-bond acceptors (Lipinski definition) is 7. The van der Waals surface area contributed by atoms with Crippen LogP contribution < -0.4 is 10.5 Å². The van der Waals surface area contributed by atoms with Crippen molar-refractivity contribution in [2.24, 2.45) is 5.73 Å². The normalized spacial score (nSPS) is 22.6. The van der Waals surface area contributed by atoms with Gasteiger partial charge in [-0.25, -0.2) is 4.79 Å². The molecule has 0 aromatic heterocycles. The molecule has 24 heavy (non-hydrogen) atoms. The van der Waals surface area contributed by atoms with E-state index in [1.54, 1.807) is 19.2 Å². The molecule has 2 aliphatic heterocycles. The van der Waals surface area contributed by atoms with Gasteiger partial charge in [-0.3, -0.25) is 9.69 Å². The smallest absolute Gasteiger partial charge is 0.358 e. The number of carbonyl (C=O) groups is 2. The standard InChI is InChI=1S/C16H18N2O5S/c1-21-10-5-3-9(4-6-10)7-23-16(20)13-11(22-2)8-24-15-12(17)14(19)18(13)15/h3-6,12,15H,7-8,17H2,1-2H3/t12?,15-/m1/s1. The number of amides is 1. The second-order valence-electron chi connectivity index (χ2n) is 5.34. The number of thioether (sulfide) groups is 1. The van der Waals surface area contributed by atoms with Crippen LogP contribution in [-0.2, 0) is 25.7 Å². The molecule has 1 amide bonds. The van der Waals surface area contributed by atoms with Gasteiger partial charge in [0, 0.05) is 0 Å². The lowest BCUT2D eigenvalue weighted by Crippen LogP contribution is -2.68. The monoisotopic (exact) mass is 350 g/mol. The van der Waals surface area contributed by atoms with Crippen LogP contribution in [-0.4, -0.2) is 48.2 Å². The highest BCUT2D eigenvalue weighted by molar-refractivity contribution is 8.00. The van der Waals surface area contributed by atoms with Crippen LogP contribution in [0.1, 0.15) is 5.56 Å². The summed E-state index contributed by atoms with van der Waals surface area (Å²) in [6, 6.07) is 6.60. The molecule has 1 aromatic carbocycles. The van der Waals surface area contributed by atoms with Gasteiger partial charge in [0.2, 0.25) is 5.91 Å². The van der Waals surface area contributed by atoms with Crippen molar-refractivity contribution in [1.29, 1.82) is 0 Å². The largest absolute Gasteiger partial charge is 0.498 e. The van der Waals surface area contributed by atoms with E-state index in [1.165, 1.54) is 23.8 Å². The first kappa shape index (κ1) is 16.7. The first-order valence-electron chi connectivity index (χ1n) is 7.34. The van der Waals surface area contributed by atoms with Crippen LogP contribution in [0.5, 0.6) is 5.75 Å². The number of fused-ring (bicyclic) bond motifs is 1. The van der Waals surface area contributed by atoms with E-state index in [0.29, 0.717) is 11.5 Å². The SMILES string of the molecule is COC1=C(C(=O)OCc2ccc(OC)cc2)N2C(=O)C(N)[C@H]2SC1. The Morgan fingerprint density at radius 3 is 2.62 bits per heavy atom.